The van der Waals surface area contributed by atoms with E-state index in [1.165, 1.54) is 25.7 Å². The number of hydrogen-bond acceptors (Lipinski definition) is 0. The molecular weight excluding hydrogens is 144 g/mol. The zero-order valence-corrected chi connectivity index (χ0v) is 8.61. The van der Waals surface area contributed by atoms with Crippen LogP contribution in [0.25, 0.3) is 0 Å². The van der Waals surface area contributed by atoms with Crippen molar-refractivity contribution < 1.29 is 0 Å². The average molecular weight is 164 g/mol. The molecule has 1 aliphatic carbocycles. The lowest BCUT2D eigenvalue weighted by Crippen LogP contribution is -2.00. The maximum Gasteiger partial charge on any atom is 0.0230 e. The molecule has 1 saturated carbocycles. The van der Waals surface area contributed by atoms with Gasteiger partial charge in [-0.25, -0.2) is 0 Å². The molecule has 0 unspecified atom stereocenters. The standard InChI is InChI=1S/C12H20/c1-12(2,3)10-6-9-11-7-4-5-8-11/h11H,4-5,7-9H2,1-3H3. The third kappa shape index (κ3) is 3.81. The lowest BCUT2D eigenvalue weighted by atomic mass is 9.96. The van der Waals surface area contributed by atoms with Crippen LogP contribution in [0, 0.1) is 23.2 Å². The van der Waals surface area contributed by atoms with E-state index in [1.807, 2.05) is 0 Å². The molecule has 0 aromatic heterocycles. The Kier molecular flexibility index (Phi) is 3.20. The zero-order chi connectivity index (χ0) is 9.03. The van der Waals surface area contributed by atoms with Gasteiger partial charge in [-0.15, -0.1) is 5.92 Å². The third-order valence-electron chi connectivity index (χ3n) is 2.33. The average Bonchev–Trinajstić information content (AvgIpc) is 2.36. The van der Waals surface area contributed by atoms with E-state index in [1.54, 1.807) is 0 Å². The van der Waals surface area contributed by atoms with Crippen molar-refractivity contribution >= 4 is 0 Å². The lowest BCUT2D eigenvalue weighted by molar-refractivity contribution is 0.553. The summed E-state index contributed by atoms with van der Waals surface area (Å²) in [5.74, 6) is 7.53. The molecule has 0 saturated heterocycles. The van der Waals surface area contributed by atoms with Crippen LogP contribution in [-0.4, -0.2) is 0 Å². The summed E-state index contributed by atoms with van der Waals surface area (Å²) in [6.45, 7) is 6.53. The van der Waals surface area contributed by atoms with E-state index in [9.17, 15) is 0 Å². The minimum Gasteiger partial charge on any atom is -0.102 e. The van der Waals surface area contributed by atoms with Gasteiger partial charge in [-0.05, 0) is 39.5 Å². The maximum atomic E-state index is 3.32. The Morgan fingerprint density at radius 1 is 1.17 bits per heavy atom. The largest absolute Gasteiger partial charge is 0.102 e. The molecule has 0 amide bonds. The van der Waals surface area contributed by atoms with Gasteiger partial charge in [0.2, 0.25) is 0 Å². The minimum atomic E-state index is 0.193. The van der Waals surface area contributed by atoms with Crippen molar-refractivity contribution in [1.82, 2.24) is 0 Å². The monoisotopic (exact) mass is 164 g/mol. The van der Waals surface area contributed by atoms with Gasteiger partial charge in [-0.2, -0.15) is 0 Å². The van der Waals surface area contributed by atoms with Crippen LogP contribution in [0.15, 0.2) is 0 Å². The Morgan fingerprint density at radius 3 is 2.25 bits per heavy atom. The molecule has 0 radical (unpaired) electrons. The summed E-state index contributed by atoms with van der Waals surface area (Å²) in [4.78, 5) is 0. The van der Waals surface area contributed by atoms with E-state index >= 15 is 0 Å². The Balaban J connectivity index is 2.26. The first-order valence-corrected chi connectivity index (χ1v) is 5.08. The Hall–Kier alpha value is -0.440. The fraction of sp³-hybridized carbons (Fsp3) is 0.833. The third-order valence-corrected chi connectivity index (χ3v) is 2.33. The number of rotatable bonds is 1. The summed E-state index contributed by atoms with van der Waals surface area (Å²) in [7, 11) is 0. The van der Waals surface area contributed by atoms with Gasteiger partial charge >= 0.3 is 0 Å². The Morgan fingerprint density at radius 2 is 1.75 bits per heavy atom. The minimum absolute atomic E-state index is 0.193. The van der Waals surface area contributed by atoms with Gasteiger partial charge in [0, 0.05) is 11.8 Å². The van der Waals surface area contributed by atoms with Gasteiger partial charge in [-0.3, -0.25) is 0 Å². The van der Waals surface area contributed by atoms with E-state index < -0.39 is 0 Å². The first kappa shape index (κ1) is 9.65. The van der Waals surface area contributed by atoms with Crippen molar-refractivity contribution in [3.63, 3.8) is 0 Å². The van der Waals surface area contributed by atoms with Gasteiger partial charge in [0.05, 0.1) is 0 Å². The highest BCUT2D eigenvalue weighted by Gasteiger charge is 2.13. The molecule has 0 aliphatic heterocycles. The van der Waals surface area contributed by atoms with Crippen LogP contribution < -0.4 is 0 Å². The van der Waals surface area contributed by atoms with Crippen LogP contribution in [0.2, 0.25) is 0 Å². The van der Waals surface area contributed by atoms with E-state index in [0.717, 1.165) is 12.3 Å². The summed E-state index contributed by atoms with van der Waals surface area (Å²) in [6.07, 6.45) is 6.83. The first-order chi connectivity index (χ1) is 5.58. The van der Waals surface area contributed by atoms with Crippen LogP contribution in [-0.2, 0) is 0 Å². The normalized spacial score (nSPS) is 18.9. The summed E-state index contributed by atoms with van der Waals surface area (Å²) in [6, 6.07) is 0. The van der Waals surface area contributed by atoms with Gasteiger partial charge in [0.15, 0.2) is 0 Å². The SMILES string of the molecule is CC(C)(C)C#CCC1CCCC1. The van der Waals surface area contributed by atoms with E-state index in [2.05, 4.69) is 32.6 Å². The summed E-state index contributed by atoms with van der Waals surface area (Å²) in [5.41, 5.74) is 0.193. The van der Waals surface area contributed by atoms with Gasteiger partial charge < -0.3 is 0 Å². The van der Waals surface area contributed by atoms with Crippen LogP contribution in [0.4, 0.5) is 0 Å². The molecule has 12 heavy (non-hydrogen) atoms. The molecule has 0 heterocycles. The molecule has 0 atom stereocenters. The quantitative estimate of drug-likeness (QED) is 0.519. The van der Waals surface area contributed by atoms with Gasteiger partial charge in [0.1, 0.15) is 0 Å². The van der Waals surface area contributed by atoms with E-state index in [-0.39, 0.29) is 5.41 Å². The predicted octanol–water partition coefficient (Wildman–Crippen LogP) is 3.62. The van der Waals surface area contributed by atoms with E-state index in [4.69, 9.17) is 0 Å². The van der Waals surface area contributed by atoms with Crippen molar-refractivity contribution in [2.24, 2.45) is 11.3 Å². The molecule has 0 nitrogen and oxygen atoms in total. The van der Waals surface area contributed by atoms with Crippen LogP contribution in [0.1, 0.15) is 52.9 Å². The first-order valence-electron chi connectivity index (χ1n) is 5.08. The molecule has 68 valence electrons. The molecule has 0 spiro atoms. The number of hydrogen-bond donors (Lipinski definition) is 0. The lowest BCUT2D eigenvalue weighted by Gasteiger charge is -2.08. The zero-order valence-electron chi connectivity index (χ0n) is 8.61. The van der Waals surface area contributed by atoms with Crippen molar-refractivity contribution in [3.05, 3.63) is 0 Å². The predicted molar refractivity (Wildman–Crippen MR) is 53.8 cm³/mol. The van der Waals surface area contributed by atoms with Crippen molar-refractivity contribution in [3.8, 4) is 11.8 Å². The highest BCUT2D eigenvalue weighted by atomic mass is 14.2. The second kappa shape index (κ2) is 3.99. The van der Waals surface area contributed by atoms with Crippen LogP contribution in [0.5, 0.6) is 0 Å². The van der Waals surface area contributed by atoms with Gasteiger partial charge in [0.25, 0.3) is 0 Å². The highest BCUT2D eigenvalue weighted by molar-refractivity contribution is 5.07. The molecule has 1 fully saturated rings. The summed E-state index contributed by atoms with van der Waals surface area (Å²) >= 11 is 0. The van der Waals surface area contributed by atoms with Crippen molar-refractivity contribution in [2.45, 2.75) is 52.9 Å². The fourth-order valence-corrected chi connectivity index (χ4v) is 1.68. The van der Waals surface area contributed by atoms with Crippen LogP contribution in [0.3, 0.4) is 0 Å². The topological polar surface area (TPSA) is 0 Å². The molecule has 1 rings (SSSR count). The fourth-order valence-electron chi connectivity index (χ4n) is 1.68. The molecule has 0 N–H and O–H groups in total. The maximum absolute atomic E-state index is 3.32. The second-order valence-electron chi connectivity index (χ2n) is 4.91. The molecular formula is C12H20. The molecule has 0 heteroatoms. The molecule has 1 aliphatic rings. The summed E-state index contributed by atoms with van der Waals surface area (Å²) in [5, 5.41) is 0. The second-order valence-corrected chi connectivity index (χ2v) is 4.91. The van der Waals surface area contributed by atoms with Crippen molar-refractivity contribution in [2.75, 3.05) is 0 Å². The van der Waals surface area contributed by atoms with Crippen molar-refractivity contribution in [1.29, 1.82) is 0 Å². The molecule has 0 aromatic carbocycles. The Bertz CT molecular complexity index is 178. The van der Waals surface area contributed by atoms with Gasteiger partial charge in [-0.1, -0.05) is 18.8 Å². The smallest absolute Gasteiger partial charge is 0.0230 e. The molecule has 0 aromatic rings. The van der Waals surface area contributed by atoms with E-state index in [0.29, 0.717) is 0 Å². The van der Waals surface area contributed by atoms with Crippen LogP contribution >= 0.6 is 0 Å². The molecule has 0 bridgehead atoms. The Labute approximate surface area is 76.7 Å². The highest BCUT2D eigenvalue weighted by Crippen LogP contribution is 2.27. The summed E-state index contributed by atoms with van der Waals surface area (Å²) < 4.78 is 0.